The normalized spacial score (nSPS) is 14.5. The molecule has 1 saturated heterocycles. The monoisotopic (exact) mass is 336 g/mol. The zero-order valence-electron chi connectivity index (χ0n) is 13.0. The SMILES string of the molecule is C=C(CCNC(=O)COc1ccc(Cl)cc1)N1CCCCC1=O. The number of piperidine rings is 1. The van der Waals surface area contributed by atoms with Crippen LogP contribution in [0.25, 0.3) is 0 Å². The van der Waals surface area contributed by atoms with Gasteiger partial charge in [-0.25, -0.2) is 0 Å². The quantitative estimate of drug-likeness (QED) is 0.833. The van der Waals surface area contributed by atoms with Gasteiger partial charge in [-0.05, 0) is 37.1 Å². The van der Waals surface area contributed by atoms with E-state index < -0.39 is 0 Å². The molecule has 124 valence electrons. The average Bonchev–Trinajstić information content (AvgIpc) is 2.54. The molecule has 0 aromatic heterocycles. The summed E-state index contributed by atoms with van der Waals surface area (Å²) in [6.45, 7) is 5.04. The number of ether oxygens (including phenoxy) is 1. The van der Waals surface area contributed by atoms with E-state index in [1.54, 1.807) is 29.2 Å². The van der Waals surface area contributed by atoms with Crippen molar-refractivity contribution in [1.82, 2.24) is 10.2 Å². The fraction of sp³-hybridized carbons (Fsp3) is 0.412. The lowest BCUT2D eigenvalue weighted by molar-refractivity contribution is -0.131. The molecule has 5 nitrogen and oxygen atoms in total. The number of halogens is 1. The van der Waals surface area contributed by atoms with Crippen molar-refractivity contribution < 1.29 is 14.3 Å². The zero-order valence-corrected chi connectivity index (χ0v) is 13.8. The van der Waals surface area contributed by atoms with Crippen molar-refractivity contribution in [2.75, 3.05) is 19.7 Å². The number of benzene rings is 1. The molecule has 1 aromatic rings. The summed E-state index contributed by atoms with van der Waals surface area (Å²) in [4.78, 5) is 25.2. The third-order valence-electron chi connectivity index (χ3n) is 3.62. The first kappa shape index (κ1) is 17.3. The van der Waals surface area contributed by atoms with Gasteiger partial charge in [0, 0.05) is 36.7 Å². The molecule has 2 amide bonds. The van der Waals surface area contributed by atoms with Gasteiger partial charge in [0.25, 0.3) is 5.91 Å². The van der Waals surface area contributed by atoms with E-state index in [9.17, 15) is 9.59 Å². The topological polar surface area (TPSA) is 58.6 Å². The van der Waals surface area contributed by atoms with Crippen LogP contribution in [0.4, 0.5) is 0 Å². The number of hydrogen-bond donors (Lipinski definition) is 1. The summed E-state index contributed by atoms with van der Waals surface area (Å²) < 4.78 is 5.36. The second kappa shape index (κ2) is 8.58. The first-order valence-electron chi connectivity index (χ1n) is 7.69. The van der Waals surface area contributed by atoms with Gasteiger partial charge in [-0.15, -0.1) is 0 Å². The molecule has 1 fully saturated rings. The molecule has 0 saturated carbocycles. The van der Waals surface area contributed by atoms with E-state index in [2.05, 4.69) is 11.9 Å². The molecule has 6 heteroatoms. The highest BCUT2D eigenvalue weighted by atomic mass is 35.5. The van der Waals surface area contributed by atoms with Gasteiger partial charge in [-0.2, -0.15) is 0 Å². The van der Waals surface area contributed by atoms with Gasteiger partial charge < -0.3 is 15.0 Å². The van der Waals surface area contributed by atoms with Crippen molar-refractivity contribution in [2.45, 2.75) is 25.7 Å². The maximum absolute atomic E-state index is 11.8. The van der Waals surface area contributed by atoms with Crippen LogP contribution in [0.2, 0.25) is 5.02 Å². The lowest BCUT2D eigenvalue weighted by Crippen LogP contribution is -2.36. The van der Waals surface area contributed by atoms with Gasteiger partial charge in [0.15, 0.2) is 6.61 Å². The van der Waals surface area contributed by atoms with Crippen LogP contribution in [0.5, 0.6) is 5.75 Å². The van der Waals surface area contributed by atoms with Gasteiger partial charge in [0.1, 0.15) is 5.75 Å². The number of nitrogens with zero attached hydrogens (tertiary/aromatic N) is 1. The van der Waals surface area contributed by atoms with Crippen LogP contribution in [0.3, 0.4) is 0 Å². The highest BCUT2D eigenvalue weighted by Crippen LogP contribution is 2.17. The number of carbonyl (C=O) groups excluding carboxylic acids is 2. The van der Waals surface area contributed by atoms with Crippen LogP contribution < -0.4 is 10.1 Å². The number of rotatable bonds is 7. The fourth-order valence-corrected chi connectivity index (χ4v) is 2.48. The number of hydrogen-bond acceptors (Lipinski definition) is 3. The summed E-state index contributed by atoms with van der Waals surface area (Å²) in [7, 11) is 0. The minimum atomic E-state index is -0.210. The fourth-order valence-electron chi connectivity index (χ4n) is 2.35. The van der Waals surface area contributed by atoms with Crippen LogP contribution in [0.1, 0.15) is 25.7 Å². The average molecular weight is 337 g/mol. The molecular weight excluding hydrogens is 316 g/mol. The molecule has 1 N–H and O–H groups in total. The summed E-state index contributed by atoms with van der Waals surface area (Å²) in [6.07, 6.45) is 3.09. The zero-order chi connectivity index (χ0) is 16.7. The van der Waals surface area contributed by atoms with E-state index in [1.165, 1.54) is 0 Å². The van der Waals surface area contributed by atoms with Gasteiger partial charge in [-0.1, -0.05) is 18.2 Å². The molecule has 0 radical (unpaired) electrons. The van der Waals surface area contributed by atoms with Crippen LogP contribution in [0.15, 0.2) is 36.5 Å². The molecule has 1 aliphatic heterocycles. The predicted molar refractivity (Wildman–Crippen MR) is 89.3 cm³/mol. The summed E-state index contributed by atoms with van der Waals surface area (Å²) in [5.41, 5.74) is 0.758. The molecule has 1 aromatic carbocycles. The van der Waals surface area contributed by atoms with Crippen molar-refractivity contribution in [1.29, 1.82) is 0 Å². The van der Waals surface area contributed by atoms with Gasteiger partial charge in [0.05, 0.1) is 0 Å². The maximum atomic E-state index is 11.8. The summed E-state index contributed by atoms with van der Waals surface area (Å²) in [6, 6.07) is 6.82. The Morgan fingerprint density at radius 1 is 1.30 bits per heavy atom. The van der Waals surface area contributed by atoms with Gasteiger partial charge >= 0.3 is 0 Å². The van der Waals surface area contributed by atoms with E-state index in [4.69, 9.17) is 16.3 Å². The molecule has 0 atom stereocenters. The van der Waals surface area contributed by atoms with Gasteiger partial charge in [-0.3, -0.25) is 9.59 Å². The molecule has 0 spiro atoms. The molecule has 1 heterocycles. The number of nitrogens with one attached hydrogen (secondary N) is 1. The second-order valence-corrected chi connectivity index (χ2v) is 5.85. The van der Waals surface area contributed by atoms with Crippen molar-refractivity contribution in [3.8, 4) is 5.75 Å². The second-order valence-electron chi connectivity index (χ2n) is 5.41. The summed E-state index contributed by atoms with van der Waals surface area (Å²) in [5, 5.41) is 3.38. The van der Waals surface area contributed by atoms with Crippen LogP contribution in [-0.2, 0) is 9.59 Å². The minimum absolute atomic E-state index is 0.0588. The van der Waals surface area contributed by atoms with Crippen molar-refractivity contribution in [3.63, 3.8) is 0 Å². The third kappa shape index (κ3) is 5.60. The first-order chi connectivity index (χ1) is 11.1. The molecule has 0 aliphatic carbocycles. The number of likely N-dealkylation sites (tertiary alicyclic amines) is 1. The summed E-state index contributed by atoms with van der Waals surface area (Å²) in [5.74, 6) is 0.504. The van der Waals surface area contributed by atoms with E-state index >= 15 is 0 Å². The van der Waals surface area contributed by atoms with Crippen LogP contribution in [-0.4, -0.2) is 36.4 Å². The molecular formula is C17H21ClN2O3. The maximum Gasteiger partial charge on any atom is 0.257 e. The third-order valence-corrected chi connectivity index (χ3v) is 3.88. The summed E-state index contributed by atoms with van der Waals surface area (Å²) >= 11 is 5.78. The predicted octanol–water partition coefficient (Wildman–Crippen LogP) is 2.75. The Labute approximate surface area is 141 Å². The Morgan fingerprint density at radius 2 is 2.04 bits per heavy atom. The molecule has 0 unspecified atom stereocenters. The molecule has 23 heavy (non-hydrogen) atoms. The Morgan fingerprint density at radius 3 is 2.74 bits per heavy atom. The van der Waals surface area contributed by atoms with Gasteiger partial charge in [0.2, 0.25) is 5.91 Å². The molecule has 0 bridgehead atoms. The number of carbonyl (C=O) groups is 2. The Bertz CT molecular complexity index is 572. The number of amides is 2. The largest absolute Gasteiger partial charge is 0.484 e. The van der Waals surface area contributed by atoms with E-state index in [1.807, 2.05) is 0 Å². The first-order valence-corrected chi connectivity index (χ1v) is 8.07. The van der Waals surface area contributed by atoms with E-state index in [-0.39, 0.29) is 18.4 Å². The standard InChI is InChI=1S/C17H21ClN2O3/c1-13(20-11-3-2-4-17(20)22)9-10-19-16(21)12-23-15-7-5-14(18)6-8-15/h5-8H,1-4,9-12H2,(H,19,21). The Hall–Kier alpha value is -2.01. The minimum Gasteiger partial charge on any atom is -0.484 e. The lowest BCUT2D eigenvalue weighted by Gasteiger charge is -2.28. The van der Waals surface area contributed by atoms with Crippen molar-refractivity contribution in [2.24, 2.45) is 0 Å². The Kier molecular flexibility index (Phi) is 6.47. The molecule has 2 rings (SSSR count). The van der Waals surface area contributed by atoms with Crippen molar-refractivity contribution >= 4 is 23.4 Å². The highest BCUT2D eigenvalue weighted by Gasteiger charge is 2.20. The Balaban J connectivity index is 1.65. The molecule has 1 aliphatic rings. The van der Waals surface area contributed by atoms with Crippen LogP contribution in [0, 0.1) is 0 Å². The van der Waals surface area contributed by atoms with Crippen LogP contribution >= 0.6 is 11.6 Å². The highest BCUT2D eigenvalue weighted by molar-refractivity contribution is 6.30. The lowest BCUT2D eigenvalue weighted by atomic mass is 10.1. The smallest absolute Gasteiger partial charge is 0.257 e. The van der Waals surface area contributed by atoms with E-state index in [0.717, 1.165) is 25.1 Å². The van der Waals surface area contributed by atoms with E-state index in [0.29, 0.717) is 30.2 Å². The van der Waals surface area contributed by atoms with Crippen molar-refractivity contribution in [3.05, 3.63) is 41.6 Å².